The average molecular weight is 304 g/mol. The topological polar surface area (TPSA) is 61.8 Å². The van der Waals surface area contributed by atoms with Gasteiger partial charge in [0.05, 0.1) is 0 Å². The second-order valence-electron chi connectivity index (χ2n) is 5.86. The quantitative estimate of drug-likeness (QED) is 0.618. The number of hydrogen-bond acceptors (Lipinski definition) is 5. The van der Waals surface area contributed by atoms with Crippen molar-refractivity contribution in [1.82, 2.24) is 0 Å². The SMILES string of the molecule is O=C(CC1CCCCC1)OCC(=O)c1ccc2c(c1)OCO2. The third-order valence-corrected chi connectivity index (χ3v) is 4.24. The molecule has 3 rings (SSSR count). The molecule has 1 aromatic carbocycles. The van der Waals surface area contributed by atoms with Crippen LogP contribution in [0.15, 0.2) is 18.2 Å². The van der Waals surface area contributed by atoms with E-state index in [2.05, 4.69) is 0 Å². The summed E-state index contributed by atoms with van der Waals surface area (Å²) < 4.78 is 15.6. The molecular formula is C17H20O5. The van der Waals surface area contributed by atoms with Gasteiger partial charge in [-0.25, -0.2) is 0 Å². The largest absolute Gasteiger partial charge is 0.457 e. The van der Waals surface area contributed by atoms with Gasteiger partial charge in [0, 0.05) is 12.0 Å². The van der Waals surface area contributed by atoms with Gasteiger partial charge < -0.3 is 14.2 Å². The minimum absolute atomic E-state index is 0.170. The lowest BCUT2D eigenvalue weighted by atomic mass is 9.87. The Labute approximate surface area is 129 Å². The minimum Gasteiger partial charge on any atom is -0.457 e. The van der Waals surface area contributed by atoms with Crippen LogP contribution in [0.5, 0.6) is 11.5 Å². The number of Topliss-reactive ketones (excluding diaryl/α,β-unsaturated/α-hetero) is 1. The van der Waals surface area contributed by atoms with Gasteiger partial charge in [0.25, 0.3) is 0 Å². The van der Waals surface area contributed by atoms with Gasteiger partial charge in [-0.2, -0.15) is 0 Å². The fourth-order valence-electron chi connectivity index (χ4n) is 2.99. The first-order valence-electron chi connectivity index (χ1n) is 7.81. The number of ether oxygens (including phenoxy) is 3. The number of benzene rings is 1. The van der Waals surface area contributed by atoms with Gasteiger partial charge in [0.15, 0.2) is 23.9 Å². The van der Waals surface area contributed by atoms with Crippen LogP contribution in [0.3, 0.4) is 0 Å². The van der Waals surface area contributed by atoms with Gasteiger partial charge in [-0.3, -0.25) is 9.59 Å². The maximum Gasteiger partial charge on any atom is 0.306 e. The van der Waals surface area contributed by atoms with Crippen LogP contribution in [0.25, 0.3) is 0 Å². The van der Waals surface area contributed by atoms with Crippen LogP contribution in [0.2, 0.25) is 0 Å². The van der Waals surface area contributed by atoms with E-state index in [0.29, 0.717) is 29.4 Å². The van der Waals surface area contributed by atoms with Crippen molar-refractivity contribution in [3.8, 4) is 11.5 Å². The number of hydrogen-bond donors (Lipinski definition) is 0. The van der Waals surface area contributed by atoms with Gasteiger partial charge in [-0.15, -0.1) is 0 Å². The smallest absolute Gasteiger partial charge is 0.306 e. The molecule has 5 heteroatoms. The van der Waals surface area contributed by atoms with Crippen LogP contribution in [-0.2, 0) is 9.53 Å². The molecule has 0 spiro atoms. The Kier molecular flexibility index (Phi) is 4.61. The standard InChI is InChI=1S/C17H20O5/c18-14(13-6-7-15-16(9-13)22-11-21-15)10-20-17(19)8-12-4-2-1-3-5-12/h6-7,9,12H,1-5,8,10-11H2. The second-order valence-corrected chi connectivity index (χ2v) is 5.86. The summed E-state index contributed by atoms with van der Waals surface area (Å²) in [6.45, 7) is -0.0471. The van der Waals surface area contributed by atoms with Gasteiger partial charge in [0.1, 0.15) is 0 Å². The summed E-state index contributed by atoms with van der Waals surface area (Å²) in [5, 5.41) is 0. The molecule has 22 heavy (non-hydrogen) atoms. The van der Waals surface area contributed by atoms with Crippen molar-refractivity contribution in [2.24, 2.45) is 5.92 Å². The summed E-state index contributed by atoms with van der Waals surface area (Å²) in [4.78, 5) is 23.9. The molecule has 1 aliphatic heterocycles. The number of ketones is 1. The molecule has 1 aliphatic carbocycles. The molecule has 1 saturated carbocycles. The van der Waals surface area contributed by atoms with Crippen molar-refractivity contribution in [1.29, 1.82) is 0 Å². The Balaban J connectivity index is 1.48. The van der Waals surface area contributed by atoms with E-state index < -0.39 is 0 Å². The molecule has 2 aliphatic rings. The van der Waals surface area contributed by atoms with Crippen molar-refractivity contribution in [3.05, 3.63) is 23.8 Å². The van der Waals surface area contributed by atoms with E-state index in [4.69, 9.17) is 14.2 Å². The van der Waals surface area contributed by atoms with E-state index in [1.54, 1.807) is 18.2 Å². The molecule has 0 atom stereocenters. The molecule has 118 valence electrons. The first kappa shape index (κ1) is 14.9. The summed E-state index contributed by atoms with van der Waals surface area (Å²) in [5.41, 5.74) is 0.467. The summed E-state index contributed by atoms with van der Waals surface area (Å²) in [6.07, 6.45) is 6.24. The second kappa shape index (κ2) is 6.81. The number of fused-ring (bicyclic) bond motifs is 1. The minimum atomic E-state index is -0.277. The lowest BCUT2D eigenvalue weighted by molar-refractivity contribution is -0.143. The van der Waals surface area contributed by atoms with Crippen molar-refractivity contribution < 1.29 is 23.8 Å². The van der Waals surface area contributed by atoms with Gasteiger partial charge in [-0.1, -0.05) is 19.3 Å². The monoisotopic (exact) mass is 304 g/mol. The summed E-state index contributed by atoms with van der Waals surface area (Å²) in [7, 11) is 0. The zero-order chi connectivity index (χ0) is 15.4. The van der Waals surface area contributed by atoms with E-state index in [1.165, 1.54) is 19.3 Å². The molecule has 0 aromatic heterocycles. The molecule has 0 radical (unpaired) electrons. The Morgan fingerprint density at radius 1 is 1.09 bits per heavy atom. The Morgan fingerprint density at radius 3 is 2.68 bits per heavy atom. The fourth-order valence-corrected chi connectivity index (χ4v) is 2.99. The number of esters is 1. The third kappa shape index (κ3) is 3.59. The van der Waals surface area contributed by atoms with E-state index in [1.807, 2.05) is 0 Å². The Bertz CT molecular complexity index is 560. The van der Waals surface area contributed by atoms with Crippen molar-refractivity contribution >= 4 is 11.8 Å². The third-order valence-electron chi connectivity index (χ3n) is 4.24. The summed E-state index contributed by atoms with van der Waals surface area (Å²) >= 11 is 0. The normalized spacial score (nSPS) is 17.3. The van der Waals surface area contributed by atoms with Crippen molar-refractivity contribution in [2.75, 3.05) is 13.4 Å². The van der Waals surface area contributed by atoms with Crippen LogP contribution in [0, 0.1) is 5.92 Å². The highest BCUT2D eigenvalue weighted by molar-refractivity contribution is 5.98. The van der Waals surface area contributed by atoms with Crippen LogP contribution in [-0.4, -0.2) is 25.2 Å². The van der Waals surface area contributed by atoms with E-state index >= 15 is 0 Å². The molecule has 1 heterocycles. The van der Waals surface area contributed by atoms with Crippen LogP contribution in [0.1, 0.15) is 48.9 Å². The highest BCUT2D eigenvalue weighted by Crippen LogP contribution is 2.32. The Morgan fingerprint density at radius 2 is 1.86 bits per heavy atom. The fraction of sp³-hybridized carbons (Fsp3) is 0.529. The highest BCUT2D eigenvalue weighted by Gasteiger charge is 2.20. The molecular weight excluding hydrogens is 284 g/mol. The van der Waals surface area contributed by atoms with Gasteiger partial charge in [0.2, 0.25) is 6.79 Å². The van der Waals surface area contributed by atoms with Crippen LogP contribution < -0.4 is 9.47 Å². The maximum absolute atomic E-state index is 12.1. The first-order chi connectivity index (χ1) is 10.7. The average Bonchev–Trinajstić information content (AvgIpc) is 3.01. The highest BCUT2D eigenvalue weighted by atomic mass is 16.7. The van der Waals surface area contributed by atoms with Crippen molar-refractivity contribution in [3.63, 3.8) is 0 Å². The molecule has 5 nitrogen and oxygen atoms in total. The number of carbonyl (C=O) groups is 2. The first-order valence-corrected chi connectivity index (χ1v) is 7.81. The summed E-state index contributed by atoms with van der Waals surface area (Å²) in [6, 6.07) is 4.98. The van der Waals surface area contributed by atoms with E-state index in [9.17, 15) is 9.59 Å². The zero-order valence-corrected chi connectivity index (χ0v) is 12.5. The molecule has 1 aromatic rings. The lowest BCUT2D eigenvalue weighted by Gasteiger charge is -2.20. The molecule has 0 unspecified atom stereocenters. The van der Waals surface area contributed by atoms with Gasteiger partial charge >= 0.3 is 5.97 Å². The van der Waals surface area contributed by atoms with Gasteiger partial charge in [-0.05, 0) is 37.0 Å². The molecule has 0 amide bonds. The number of carbonyl (C=O) groups excluding carboxylic acids is 2. The molecule has 0 saturated heterocycles. The summed E-state index contributed by atoms with van der Waals surface area (Å²) in [5.74, 6) is 1.10. The van der Waals surface area contributed by atoms with Crippen LogP contribution >= 0.6 is 0 Å². The maximum atomic E-state index is 12.1. The van der Waals surface area contributed by atoms with Crippen molar-refractivity contribution in [2.45, 2.75) is 38.5 Å². The Hall–Kier alpha value is -2.04. The van der Waals surface area contributed by atoms with E-state index in [-0.39, 0.29) is 25.2 Å². The molecule has 0 bridgehead atoms. The van der Waals surface area contributed by atoms with Crippen LogP contribution in [0.4, 0.5) is 0 Å². The van der Waals surface area contributed by atoms with E-state index in [0.717, 1.165) is 12.8 Å². The molecule has 1 fully saturated rings. The predicted octanol–water partition coefficient (Wildman–Crippen LogP) is 3.11. The molecule has 0 N–H and O–H groups in total. The predicted molar refractivity (Wildman–Crippen MR) is 79.0 cm³/mol. The zero-order valence-electron chi connectivity index (χ0n) is 12.5. The number of rotatable bonds is 5. The lowest BCUT2D eigenvalue weighted by Crippen LogP contribution is -2.18.